The van der Waals surface area contributed by atoms with Crippen molar-refractivity contribution in [2.45, 2.75) is 20.1 Å². The molecule has 0 fully saturated rings. The van der Waals surface area contributed by atoms with E-state index in [0.717, 1.165) is 0 Å². The van der Waals surface area contributed by atoms with Crippen LogP contribution < -0.4 is 9.47 Å². The summed E-state index contributed by atoms with van der Waals surface area (Å²) in [5, 5.41) is 17.9. The third-order valence-electron chi connectivity index (χ3n) is 1.91. The highest BCUT2D eigenvalue weighted by molar-refractivity contribution is 5.39. The number of aliphatic hydroxyl groups is 2. The summed E-state index contributed by atoms with van der Waals surface area (Å²) in [6.45, 7) is 4.62. The minimum Gasteiger partial charge on any atom is -0.493 e. The van der Waals surface area contributed by atoms with Gasteiger partial charge in [0.05, 0.1) is 25.6 Å². The van der Waals surface area contributed by atoms with Gasteiger partial charge in [0.2, 0.25) is 0 Å². The third kappa shape index (κ3) is 3.36. The van der Waals surface area contributed by atoms with Crippen molar-refractivity contribution in [2.24, 2.45) is 5.92 Å². The van der Waals surface area contributed by atoms with Gasteiger partial charge in [-0.2, -0.15) is 0 Å². The minimum atomic E-state index is -1.60. The van der Waals surface area contributed by atoms with E-state index in [4.69, 9.17) is 19.7 Å². The number of rotatable bonds is 5. The van der Waals surface area contributed by atoms with Crippen molar-refractivity contribution in [1.29, 1.82) is 0 Å². The summed E-state index contributed by atoms with van der Waals surface area (Å²) in [5.74, 6) is 1.34. The molecule has 1 aromatic rings. The monoisotopic (exact) mass is 227 g/mol. The fourth-order valence-corrected chi connectivity index (χ4v) is 1.11. The summed E-state index contributed by atoms with van der Waals surface area (Å²) < 4.78 is 10.6. The molecule has 1 rings (SSSR count). The second-order valence-corrected chi connectivity index (χ2v) is 3.84. The molecule has 0 aliphatic carbocycles. The van der Waals surface area contributed by atoms with Gasteiger partial charge in [0.15, 0.2) is 17.8 Å². The van der Waals surface area contributed by atoms with Crippen molar-refractivity contribution in [1.82, 2.24) is 4.98 Å². The Kier molecular flexibility index (Phi) is 4.52. The molecule has 0 saturated heterocycles. The molecule has 0 saturated carbocycles. The van der Waals surface area contributed by atoms with Crippen molar-refractivity contribution < 1.29 is 19.7 Å². The van der Waals surface area contributed by atoms with Crippen LogP contribution >= 0.6 is 0 Å². The standard InChI is InChI=1S/C11H17NO4/c1-7(2)6-16-10-5-12-8(11(13)14)4-9(10)15-3/h4-5,7,11,13-14H,6H2,1-3H3. The lowest BCUT2D eigenvalue weighted by atomic mass is 10.2. The van der Waals surface area contributed by atoms with E-state index in [9.17, 15) is 0 Å². The Morgan fingerprint density at radius 3 is 2.50 bits per heavy atom. The molecule has 0 radical (unpaired) electrons. The second kappa shape index (κ2) is 5.67. The number of methoxy groups -OCH3 is 1. The Bertz CT molecular complexity index is 339. The molecule has 0 aliphatic heterocycles. The van der Waals surface area contributed by atoms with Crippen LogP contribution in [0.1, 0.15) is 25.8 Å². The number of hydrogen-bond donors (Lipinski definition) is 2. The summed E-state index contributed by atoms with van der Waals surface area (Å²) in [6, 6.07) is 1.44. The number of aliphatic hydroxyl groups excluding tert-OH is 1. The van der Waals surface area contributed by atoms with Gasteiger partial charge < -0.3 is 19.7 Å². The zero-order valence-electron chi connectivity index (χ0n) is 9.67. The van der Waals surface area contributed by atoms with E-state index in [2.05, 4.69) is 4.98 Å². The molecule has 0 bridgehead atoms. The van der Waals surface area contributed by atoms with Gasteiger partial charge in [-0.15, -0.1) is 0 Å². The largest absolute Gasteiger partial charge is 0.493 e. The van der Waals surface area contributed by atoms with Crippen LogP contribution in [-0.2, 0) is 0 Å². The second-order valence-electron chi connectivity index (χ2n) is 3.84. The normalized spacial score (nSPS) is 10.9. The van der Waals surface area contributed by atoms with Crippen molar-refractivity contribution >= 4 is 0 Å². The van der Waals surface area contributed by atoms with E-state index in [0.29, 0.717) is 24.0 Å². The first-order valence-electron chi connectivity index (χ1n) is 5.07. The van der Waals surface area contributed by atoms with E-state index in [1.54, 1.807) is 0 Å². The lowest BCUT2D eigenvalue weighted by Crippen LogP contribution is -2.07. The summed E-state index contributed by atoms with van der Waals surface area (Å²) in [5.41, 5.74) is 0.133. The van der Waals surface area contributed by atoms with Crippen LogP contribution in [0.4, 0.5) is 0 Å². The van der Waals surface area contributed by atoms with Crippen LogP contribution in [0.3, 0.4) is 0 Å². The van der Waals surface area contributed by atoms with E-state index >= 15 is 0 Å². The first-order valence-corrected chi connectivity index (χ1v) is 5.07. The minimum absolute atomic E-state index is 0.133. The number of hydrogen-bond acceptors (Lipinski definition) is 5. The lowest BCUT2D eigenvalue weighted by Gasteiger charge is -2.13. The van der Waals surface area contributed by atoms with Gasteiger partial charge in [0.1, 0.15) is 0 Å². The molecule has 0 amide bonds. The average molecular weight is 227 g/mol. The van der Waals surface area contributed by atoms with Gasteiger partial charge in [0, 0.05) is 6.07 Å². The maximum Gasteiger partial charge on any atom is 0.196 e. The number of nitrogens with zero attached hydrogens (tertiary/aromatic N) is 1. The summed E-state index contributed by atoms with van der Waals surface area (Å²) in [7, 11) is 1.49. The molecule has 0 aliphatic rings. The van der Waals surface area contributed by atoms with Gasteiger partial charge in [-0.25, -0.2) is 0 Å². The third-order valence-corrected chi connectivity index (χ3v) is 1.91. The van der Waals surface area contributed by atoms with E-state index in [1.807, 2.05) is 13.8 Å². The van der Waals surface area contributed by atoms with E-state index < -0.39 is 6.29 Å². The highest BCUT2D eigenvalue weighted by atomic mass is 16.5. The molecule has 2 N–H and O–H groups in total. The fourth-order valence-electron chi connectivity index (χ4n) is 1.11. The Hall–Kier alpha value is -1.33. The Balaban J connectivity index is 2.84. The van der Waals surface area contributed by atoms with Gasteiger partial charge in [-0.05, 0) is 5.92 Å². The molecule has 1 aromatic heterocycles. The number of pyridine rings is 1. The van der Waals surface area contributed by atoms with Gasteiger partial charge in [-0.1, -0.05) is 13.8 Å². The predicted octanol–water partition coefficient (Wildman–Crippen LogP) is 1.11. The van der Waals surface area contributed by atoms with Gasteiger partial charge in [0.25, 0.3) is 0 Å². The average Bonchev–Trinajstić information content (AvgIpc) is 2.25. The van der Waals surface area contributed by atoms with Crippen LogP contribution in [-0.4, -0.2) is 28.9 Å². The number of ether oxygens (including phenoxy) is 2. The molecule has 16 heavy (non-hydrogen) atoms. The summed E-state index contributed by atoms with van der Waals surface area (Å²) in [6.07, 6.45) is -0.177. The highest BCUT2D eigenvalue weighted by Crippen LogP contribution is 2.28. The molecule has 0 spiro atoms. The molecule has 90 valence electrons. The van der Waals surface area contributed by atoms with E-state index in [-0.39, 0.29) is 5.69 Å². The van der Waals surface area contributed by atoms with Crippen LogP contribution in [0, 0.1) is 5.92 Å². The number of aromatic nitrogens is 1. The van der Waals surface area contributed by atoms with E-state index in [1.165, 1.54) is 19.4 Å². The Labute approximate surface area is 94.7 Å². The molecule has 0 aromatic carbocycles. The first-order chi connectivity index (χ1) is 7.54. The topological polar surface area (TPSA) is 71.8 Å². The maximum absolute atomic E-state index is 8.95. The van der Waals surface area contributed by atoms with Crippen molar-refractivity contribution in [3.05, 3.63) is 18.0 Å². The van der Waals surface area contributed by atoms with Crippen molar-refractivity contribution in [3.63, 3.8) is 0 Å². The molecular weight excluding hydrogens is 210 g/mol. The first kappa shape index (κ1) is 12.7. The molecular formula is C11H17NO4. The Morgan fingerprint density at radius 1 is 1.31 bits per heavy atom. The SMILES string of the molecule is COc1cc(C(O)O)ncc1OCC(C)C. The highest BCUT2D eigenvalue weighted by Gasteiger charge is 2.11. The van der Waals surface area contributed by atoms with Crippen LogP contribution in [0.2, 0.25) is 0 Å². The van der Waals surface area contributed by atoms with Crippen LogP contribution in [0.15, 0.2) is 12.3 Å². The summed E-state index contributed by atoms with van der Waals surface area (Å²) in [4.78, 5) is 3.86. The zero-order chi connectivity index (χ0) is 12.1. The zero-order valence-corrected chi connectivity index (χ0v) is 9.67. The fraction of sp³-hybridized carbons (Fsp3) is 0.545. The van der Waals surface area contributed by atoms with Crippen molar-refractivity contribution in [2.75, 3.05) is 13.7 Å². The molecule has 0 unspecified atom stereocenters. The molecule has 0 atom stereocenters. The molecule has 5 heteroatoms. The van der Waals surface area contributed by atoms with Crippen LogP contribution in [0.5, 0.6) is 11.5 Å². The maximum atomic E-state index is 8.95. The van der Waals surface area contributed by atoms with Crippen LogP contribution in [0.25, 0.3) is 0 Å². The quantitative estimate of drug-likeness (QED) is 0.737. The molecule has 5 nitrogen and oxygen atoms in total. The molecule has 1 heterocycles. The smallest absolute Gasteiger partial charge is 0.196 e. The summed E-state index contributed by atoms with van der Waals surface area (Å²) >= 11 is 0. The predicted molar refractivity (Wildman–Crippen MR) is 58.3 cm³/mol. The Morgan fingerprint density at radius 2 is 2.00 bits per heavy atom. The lowest BCUT2D eigenvalue weighted by molar-refractivity contribution is -0.0460. The van der Waals surface area contributed by atoms with Crippen molar-refractivity contribution in [3.8, 4) is 11.5 Å². The van der Waals surface area contributed by atoms with Gasteiger partial charge in [-0.3, -0.25) is 4.98 Å². The van der Waals surface area contributed by atoms with Gasteiger partial charge >= 0.3 is 0 Å².